The fourth-order valence-corrected chi connectivity index (χ4v) is 1.74. The predicted octanol–water partition coefficient (Wildman–Crippen LogP) is 2.03. The maximum absolute atomic E-state index is 11.3. The fourth-order valence-electron chi connectivity index (χ4n) is 1.74. The van der Waals surface area contributed by atoms with E-state index < -0.39 is 11.6 Å². The van der Waals surface area contributed by atoms with E-state index >= 15 is 0 Å². The largest absolute Gasteiger partial charge is 0.508 e. The molecule has 0 saturated carbocycles. The molecule has 0 spiro atoms. The monoisotopic (exact) mass is 262 g/mol. The molecule has 1 heterocycles. The van der Waals surface area contributed by atoms with E-state index in [4.69, 9.17) is 4.42 Å². The number of aliphatic hydroxyl groups is 1. The predicted molar refractivity (Wildman–Crippen MR) is 66.8 cm³/mol. The van der Waals surface area contributed by atoms with Crippen LogP contribution in [0, 0.1) is 0 Å². The molecule has 5 heteroatoms. The summed E-state index contributed by atoms with van der Waals surface area (Å²) < 4.78 is 9.84. The third-order valence-electron chi connectivity index (χ3n) is 2.90. The van der Waals surface area contributed by atoms with Crippen molar-refractivity contribution in [1.82, 2.24) is 0 Å². The first kappa shape index (κ1) is 13.2. The molecule has 2 aromatic rings. The quantitative estimate of drug-likeness (QED) is 0.827. The summed E-state index contributed by atoms with van der Waals surface area (Å²) in [6, 6.07) is 9.04. The molecule has 19 heavy (non-hydrogen) atoms. The molecular weight excluding hydrogens is 248 g/mol. The van der Waals surface area contributed by atoms with Gasteiger partial charge in [0.1, 0.15) is 17.1 Å². The molecule has 0 aliphatic heterocycles. The van der Waals surface area contributed by atoms with Crippen molar-refractivity contribution in [3.63, 3.8) is 0 Å². The molecule has 0 aliphatic carbocycles. The van der Waals surface area contributed by atoms with E-state index in [0.29, 0.717) is 5.56 Å². The molecule has 0 saturated heterocycles. The highest BCUT2D eigenvalue weighted by molar-refractivity contribution is 5.86. The molecule has 0 bridgehead atoms. The standard InChI is InChI=1S/C14H14O5/c1-14(17,9-3-5-10(15)6-4-9)12-8-7-11(19-12)13(16)18-2/h3-8,15,17H,1-2H3. The Morgan fingerprint density at radius 1 is 1.21 bits per heavy atom. The molecule has 1 atom stereocenters. The van der Waals surface area contributed by atoms with E-state index in [1.54, 1.807) is 19.1 Å². The zero-order chi connectivity index (χ0) is 14.0. The highest BCUT2D eigenvalue weighted by atomic mass is 16.5. The summed E-state index contributed by atoms with van der Waals surface area (Å²) in [6.07, 6.45) is 0. The Balaban J connectivity index is 2.36. The molecule has 2 rings (SSSR count). The van der Waals surface area contributed by atoms with Gasteiger partial charge in [-0.1, -0.05) is 12.1 Å². The van der Waals surface area contributed by atoms with Crippen LogP contribution in [0.25, 0.3) is 0 Å². The summed E-state index contributed by atoms with van der Waals surface area (Å²) in [4.78, 5) is 11.3. The van der Waals surface area contributed by atoms with Crippen molar-refractivity contribution in [3.05, 3.63) is 53.5 Å². The molecular formula is C14H14O5. The number of phenols is 1. The molecule has 100 valence electrons. The Morgan fingerprint density at radius 3 is 2.42 bits per heavy atom. The Hall–Kier alpha value is -2.27. The number of methoxy groups -OCH3 is 1. The summed E-state index contributed by atoms with van der Waals surface area (Å²) in [5.74, 6) is -0.253. The molecule has 1 unspecified atom stereocenters. The number of phenolic OH excluding ortho intramolecular Hbond substituents is 1. The van der Waals surface area contributed by atoms with Crippen molar-refractivity contribution < 1.29 is 24.2 Å². The van der Waals surface area contributed by atoms with E-state index in [1.807, 2.05) is 0 Å². The highest BCUT2D eigenvalue weighted by Gasteiger charge is 2.30. The lowest BCUT2D eigenvalue weighted by Crippen LogP contribution is -2.21. The molecule has 0 radical (unpaired) electrons. The SMILES string of the molecule is COC(=O)c1ccc(C(C)(O)c2ccc(O)cc2)o1. The van der Waals surface area contributed by atoms with E-state index in [0.717, 1.165) is 0 Å². The summed E-state index contributed by atoms with van der Waals surface area (Å²) in [6.45, 7) is 1.54. The number of esters is 1. The summed E-state index contributed by atoms with van der Waals surface area (Å²) in [5, 5.41) is 19.7. The van der Waals surface area contributed by atoms with E-state index in [1.165, 1.54) is 31.4 Å². The summed E-state index contributed by atoms with van der Waals surface area (Å²) >= 11 is 0. The van der Waals surface area contributed by atoms with Gasteiger partial charge in [0.05, 0.1) is 7.11 Å². The number of carbonyl (C=O) groups is 1. The first-order valence-electron chi connectivity index (χ1n) is 5.65. The van der Waals surface area contributed by atoms with Crippen LogP contribution in [-0.2, 0) is 10.3 Å². The summed E-state index contributed by atoms with van der Waals surface area (Å²) in [5.41, 5.74) is -0.865. The maximum Gasteiger partial charge on any atom is 0.373 e. The number of aromatic hydroxyl groups is 1. The second-order valence-corrected chi connectivity index (χ2v) is 4.27. The van der Waals surface area contributed by atoms with Crippen LogP contribution in [-0.4, -0.2) is 23.3 Å². The smallest absolute Gasteiger partial charge is 0.373 e. The van der Waals surface area contributed by atoms with Crippen LogP contribution in [0.1, 0.15) is 28.8 Å². The van der Waals surface area contributed by atoms with Crippen molar-refractivity contribution in [2.75, 3.05) is 7.11 Å². The van der Waals surface area contributed by atoms with Gasteiger partial charge in [0.25, 0.3) is 0 Å². The third kappa shape index (κ3) is 2.46. The molecule has 0 fully saturated rings. The lowest BCUT2D eigenvalue weighted by Gasteiger charge is -2.21. The number of carbonyl (C=O) groups excluding carboxylic acids is 1. The second-order valence-electron chi connectivity index (χ2n) is 4.27. The normalized spacial score (nSPS) is 13.8. The lowest BCUT2D eigenvalue weighted by atomic mass is 9.93. The van der Waals surface area contributed by atoms with Gasteiger partial charge in [-0.25, -0.2) is 4.79 Å². The van der Waals surface area contributed by atoms with Gasteiger partial charge in [0.15, 0.2) is 0 Å². The van der Waals surface area contributed by atoms with Gasteiger partial charge in [-0.15, -0.1) is 0 Å². The number of ether oxygens (including phenoxy) is 1. The molecule has 0 aliphatic rings. The first-order chi connectivity index (χ1) is 8.95. The Morgan fingerprint density at radius 2 is 1.84 bits per heavy atom. The van der Waals surface area contributed by atoms with Crippen LogP contribution >= 0.6 is 0 Å². The van der Waals surface area contributed by atoms with Crippen LogP contribution in [0.2, 0.25) is 0 Å². The van der Waals surface area contributed by atoms with Gasteiger partial charge in [-0.05, 0) is 36.8 Å². The zero-order valence-electron chi connectivity index (χ0n) is 10.6. The van der Waals surface area contributed by atoms with Gasteiger partial charge in [0, 0.05) is 0 Å². The molecule has 1 aromatic heterocycles. The van der Waals surface area contributed by atoms with Crippen molar-refractivity contribution >= 4 is 5.97 Å². The molecule has 0 amide bonds. The number of rotatable bonds is 3. The minimum Gasteiger partial charge on any atom is -0.508 e. The van der Waals surface area contributed by atoms with Crippen LogP contribution in [0.5, 0.6) is 5.75 Å². The number of hydrogen-bond acceptors (Lipinski definition) is 5. The number of benzene rings is 1. The second kappa shape index (κ2) is 4.78. The fraction of sp³-hybridized carbons (Fsp3) is 0.214. The summed E-state index contributed by atoms with van der Waals surface area (Å²) in [7, 11) is 1.25. The minimum atomic E-state index is -1.40. The van der Waals surface area contributed by atoms with Gasteiger partial charge in [-0.3, -0.25) is 0 Å². The molecule has 2 N–H and O–H groups in total. The van der Waals surface area contributed by atoms with Crippen LogP contribution in [0.3, 0.4) is 0 Å². The Labute approximate surface area is 110 Å². The Bertz CT molecular complexity index is 580. The van der Waals surface area contributed by atoms with E-state index in [2.05, 4.69) is 4.74 Å². The van der Waals surface area contributed by atoms with Crippen LogP contribution < -0.4 is 0 Å². The third-order valence-corrected chi connectivity index (χ3v) is 2.90. The van der Waals surface area contributed by atoms with Gasteiger partial charge in [0.2, 0.25) is 5.76 Å². The van der Waals surface area contributed by atoms with Crippen LogP contribution in [0.4, 0.5) is 0 Å². The van der Waals surface area contributed by atoms with Gasteiger partial charge < -0.3 is 19.4 Å². The van der Waals surface area contributed by atoms with Gasteiger partial charge >= 0.3 is 5.97 Å². The molecule has 5 nitrogen and oxygen atoms in total. The Kier molecular flexibility index (Phi) is 3.31. The van der Waals surface area contributed by atoms with Crippen molar-refractivity contribution in [2.24, 2.45) is 0 Å². The molecule has 1 aromatic carbocycles. The average Bonchev–Trinajstić information content (AvgIpc) is 2.88. The van der Waals surface area contributed by atoms with Crippen molar-refractivity contribution in [3.8, 4) is 5.75 Å². The van der Waals surface area contributed by atoms with Gasteiger partial charge in [-0.2, -0.15) is 0 Å². The maximum atomic E-state index is 11.3. The highest BCUT2D eigenvalue weighted by Crippen LogP contribution is 2.31. The lowest BCUT2D eigenvalue weighted by molar-refractivity contribution is 0.0522. The minimum absolute atomic E-state index is 0.0246. The number of hydrogen-bond donors (Lipinski definition) is 2. The van der Waals surface area contributed by atoms with Crippen molar-refractivity contribution in [1.29, 1.82) is 0 Å². The van der Waals surface area contributed by atoms with E-state index in [9.17, 15) is 15.0 Å². The first-order valence-corrected chi connectivity index (χ1v) is 5.65. The average molecular weight is 262 g/mol. The van der Waals surface area contributed by atoms with Crippen LogP contribution in [0.15, 0.2) is 40.8 Å². The topological polar surface area (TPSA) is 79.9 Å². The van der Waals surface area contributed by atoms with Crippen molar-refractivity contribution in [2.45, 2.75) is 12.5 Å². The number of furan rings is 1. The van der Waals surface area contributed by atoms with E-state index in [-0.39, 0.29) is 17.3 Å². The zero-order valence-corrected chi connectivity index (χ0v) is 10.6.